The molecule has 2 N–H and O–H groups in total. The van der Waals surface area contributed by atoms with Gasteiger partial charge in [-0.2, -0.15) is 0 Å². The van der Waals surface area contributed by atoms with Gasteiger partial charge in [0.05, 0.1) is 0 Å². The highest BCUT2D eigenvalue weighted by molar-refractivity contribution is 8.03. The molecular formula is C41H43N3O9S. The number of alkyl carbamates (subject to hydrolysis) is 1. The first-order valence-electron chi connectivity index (χ1n) is 17.6. The highest BCUT2D eigenvalue weighted by Gasteiger charge is 2.57. The van der Waals surface area contributed by atoms with Crippen LogP contribution in [-0.4, -0.2) is 70.1 Å². The second kappa shape index (κ2) is 15.4. The van der Waals surface area contributed by atoms with Crippen LogP contribution in [0.25, 0.3) is 5.57 Å². The van der Waals surface area contributed by atoms with Crippen molar-refractivity contribution >= 4 is 47.4 Å². The van der Waals surface area contributed by atoms with Crippen molar-refractivity contribution in [2.75, 3.05) is 6.54 Å². The molecule has 3 atom stereocenters. The van der Waals surface area contributed by atoms with Gasteiger partial charge in [0.2, 0.25) is 11.8 Å². The van der Waals surface area contributed by atoms with Gasteiger partial charge in [-0.05, 0) is 70.6 Å². The summed E-state index contributed by atoms with van der Waals surface area (Å²) in [5.41, 5.74) is 1.01. The molecule has 282 valence electrons. The Balaban J connectivity index is 1.46. The predicted octanol–water partition coefficient (Wildman–Crippen LogP) is 6.67. The number of carbonyl (C=O) groups excluding carboxylic acids is 5. The number of rotatable bonds is 8. The number of carbonyl (C=O) groups is 5. The Kier molecular flexibility index (Phi) is 10.9. The van der Waals surface area contributed by atoms with Crippen molar-refractivity contribution in [2.45, 2.75) is 82.7 Å². The number of thioether (sulfide) groups is 1. The third-order valence-corrected chi connectivity index (χ3v) is 9.75. The molecule has 2 saturated heterocycles. The smallest absolute Gasteiger partial charge is 0.451 e. The Morgan fingerprint density at radius 3 is 2.00 bits per heavy atom. The van der Waals surface area contributed by atoms with Gasteiger partial charge in [-0.1, -0.05) is 78.9 Å². The van der Waals surface area contributed by atoms with E-state index >= 15 is 0 Å². The Hall–Kier alpha value is -5.56. The highest BCUT2D eigenvalue weighted by Crippen LogP contribution is 2.48. The summed E-state index contributed by atoms with van der Waals surface area (Å²) in [5, 5.41) is 6.49. The van der Waals surface area contributed by atoms with Crippen LogP contribution in [0.1, 0.15) is 70.8 Å². The summed E-state index contributed by atoms with van der Waals surface area (Å²) in [5.74, 6) is -1.60. The van der Waals surface area contributed by atoms with Crippen LogP contribution < -0.4 is 15.4 Å². The zero-order valence-electron chi connectivity index (χ0n) is 30.9. The number of hydrogen-bond acceptors (Lipinski definition) is 10. The number of β-lactam (4-membered cyclic amide) rings is 1. The molecule has 54 heavy (non-hydrogen) atoms. The van der Waals surface area contributed by atoms with Crippen LogP contribution in [0.4, 0.5) is 9.59 Å². The Labute approximate surface area is 318 Å². The molecule has 0 aliphatic carbocycles. The molecular weight excluding hydrogens is 711 g/mol. The van der Waals surface area contributed by atoms with E-state index in [9.17, 15) is 24.0 Å². The molecule has 12 nitrogen and oxygen atoms in total. The molecule has 3 aromatic rings. The van der Waals surface area contributed by atoms with Crippen molar-refractivity contribution in [3.8, 4) is 5.75 Å². The van der Waals surface area contributed by atoms with Crippen LogP contribution in [-0.2, 0) is 28.6 Å². The Morgan fingerprint density at radius 1 is 0.833 bits per heavy atom. The van der Waals surface area contributed by atoms with Gasteiger partial charge in [-0.3, -0.25) is 9.59 Å². The summed E-state index contributed by atoms with van der Waals surface area (Å²) in [4.78, 5) is 69.6. The fraction of sp³-hybridized carbons (Fsp3) is 0.341. The number of fused-ring (bicyclic) bond motifs is 1. The minimum Gasteiger partial charge on any atom is -0.451 e. The minimum absolute atomic E-state index is 0.0833. The van der Waals surface area contributed by atoms with Crippen LogP contribution in [0.3, 0.4) is 0 Å². The molecule has 13 heteroatoms. The minimum atomic E-state index is -1.37. The summed E-state index contributed by atoms with van der Waals surface area (Å²) in [6.45, 7) is 10.6. The molecule has 2 fully saturated rings. The van der Waals surface area contributed by atoms with Gasteiger partial charge in [0, 0.05) is 28.8 Å². The number of amides is 3. The summed E-state index contributed by atoms with van der Waals surface area (Å²) < 4.78 is 23.0. The van der Waals surface area contributed by atoms with E-state index in [4.69, 9.17) is 18.9 Å². The van der Waals surface area contributed by atoms with Crippen molar-refractivity contribution in [3.63, 3.8) is 0 Å². The third kappa shape index (κ3) is 8.46. The van der Waals surface area contributed by atoms with Crippen LogP contribution >= 0.6 is 11.8 Å². The fourth-order valence-corrected chi connectivity index (χ4v) is 7.64. The summed E-state index contributed by atoms with van der Waals surface area (Å²) in [6, 6.07) is 22.7. The van der Waals surface area contributed by atoms with Gasteiger partial charge in [0.25, 0.3) is 0 Å². The predicted molar refractivity (Wildman–Crippen MR) is 202 cm³/mol. The number of nitrogens with zero attached hydrogens (tertiary/aromatic N) is 1. The monoisotopic (exact) mass is 753 g/mol. The van der Waals surface area contributed by atoms with E-state index in [1.165, 1.54) is 16.7 Å². The second-order valence-corrected chi connectivity index (χ2v) is 15.9. The van der Waals surface area contributed by atoms with E-state index in [0.29, 0.717) is 34.4 Å². The van der Waals surface area contributed by atoms with E-state index in [2.05, 4.69) is 10.6 Å². The maximum absolute atomic E-state index is 14.9. The summed E-state index contributed by atoms with van der Waals surface area (Å²) in [7, 11) is 0. The van der Waals surface area contributed by atoms with Crippen molar-refractivity contribution in [2.24, 2.45) is 0 Å². The lowest BCUT2D eigenvalue weighted by atomic mass is 9.85. The van der Waals surface area contributed by atoms with Gasteiger partial charge in [0.1, 0.15) is 28.4 Å². The molecule has 3 aromatic carbocycles. The maximum atomic E-state index is 14.9. The number of nitrogens with one attached hydrogen (secondary N) is 2. The Morgan fingerprint density at radius 2 is 1.43 bits per heavy atom. The maximum Gasteiger partial charge on any atom is 0.514 e. The molecule has 3 amide bonds. The van der Waals surface area contributed by atoms with E-state index in [1.807, 2.05) is 60.7 Å². The molecule has 3 aliphatic heterocycles. The van der Waals surface area contributed by atoms with Crippen molar-refractivity contribution < 1.29 is 42.9 Å². The number of esters is 1. The third-order valence-electron chi connectivity index (χ3n) is 8.59. The Bertz CT molecular complexity index is 1960. The van der Waals surface area contributed by atoms with E-state index in [-0.39, 0.29) is 23.7 Å². The molecule has 0 spiro atoms. The lowest BCUT2D eigenvalue weighted by Gasteiger charge is -2.52. The number of ether oxygens (including phenoxy) is 4. The standard InChI is InChI=1S/C41H43N3O9S/c1-40(2,3)52-38(48)43-31-35(46)44-32(37(47)51-33(24-15-9-7-10-16-24)25-17-11-8-12-18-25)28(23-54-36(31)44)30(27-21-22-42-34(27)45)26-19-13-14-20-29(26)50-39(49)53-41(4,5)6/h7-20,23,31-33,36H,21-22H2,1-6H3,(H,42,45)(H,43,48)/t31-,32-,36-/m1/s1. The second-order valence-electron chi connectivity index (χ2n) is 14.9. The number of hydrogen-bond donors (Lipinski definition) is 2. The van der Waals surface area contributed by atoms with Gasteiger partial charge < -0.3 is 34.5 Å². The molecule has 3 aliphatic rings. The first kappa shape index (κ1) is 38.2. The largest absolute Gasteiger partial charge is 0.514 e. The first-order chi connectivity index (χ1) is 25.6. The number of benzene rings is 3. The molecule has 0 unspecified atom stereocenters. The molecule has 0 radical (unpaired) electrons. The zero-order chi connectivity index (χ0) is 38.8. The normalized spacial score (nSPS) is 20.5. The van der Waals surface area contributed by atoms with Crippen LogP contribution in [0.15, 0.2) is 101 Å². The van der Waals surface area contributed by atoms with Crippen molar-refractivity contribution in [1.29, 1.82) is 0 Å². The molecule has 0 aromatic heterocycles. The van der Waals surface area contributed by atoms with E-state index in [1.54, 1.807) is 71.2 Å². The van der Waals surface area contributed by atoms with E-state index < -0.39 is 58.9 Å². The molecule has 6 rings (SSSR count). The topological polar surface area (TPSA) is 150 Å². The lowest BCUT2D eigenvalue weighted by molar-refractivity contribution is -0.164. The fourth-order valence-electron chi connectivity index (χ4n) is 6.41. The molecule has 0 saturated carbocycles. The number of para-hydroxylation sites is 1. The first-order valence-corrected chi connectivity index (χ1v) is 18.5. The van der Waals surface area contributed by atoms with Crippen LogP contribution in [0.5, 0.6) is 5.75 Å². The average Bonchev–Trinajstić information content (AvgIpc) is 3.54. The lowest BCUT2D eigenvalue weighted by Crippen LogP contribution is -2.74. The SMILES string of the molecule is CC(C)(C)OC(=O)N[C@@H]1C(=O)N2[C@@H](C(=O)OC(c3ccccc3)c3ccccc3)C(C(=C3CCNC3=O)c3ccccc3OC(=O)OC(C)(C)C)=CS[C@H]12. The van der Waals surface area contributed by atoms with Crippen LogP contribution in [0.2, 0.25) is 0 Å². The van der Waals surface area contributed by atoms with Gasteiger partial charge in [-0.25, -0.2) is 14.4 Å². The van der Waals surface area contributed by atoms with Gasteiger partial charge >= 0.3 is 18.2 Å². The summed E-state index contributed by atoms with van der Waals surface area (Å²) >= 11 is 1.20. The molecule has 3 heterocycles. The highest BCUT2D eigenvalue weighted by atomic mass is 32.2. The summed E-state index contributed by atoms with van der Waals surface area (Å²) in [6.07, 6.45) is -2.30. The quantitative estimate of drug-likeness (QED) is 0.0840. The zero-order valence-corrected chi connectivity index (χ0v) is 31.7. The van der Waals surface area contributed by atoms with Crippen molar-refractivity contribution in [3.05, 3.63) is 118 Å². The average molecular weight is 754 g/mol. The van der Waals surface area contributed by atoms with Gasteiger partial charge in [0.15, 0.2) is 12.1 Å². The van der Waals surface area contributed by atoms with E-state index in [0.717, 1.165) is 0 Å². The van der Waals surface area contributed by atoms with Crippen LogP contribution in [0, 0.1) is 0 Å². The van der Waals surface area contributed by atoms with Gasteiger partial charge in [-0.15, -0.1) is 11.8 Å². The van der Waals surface area contributed by atoms with Crippen molar-refractivity contribution in [1.82, 2.24) is 15.5 Å². The molecule has 0 bridgehead atoms.